The van der Waals surface area contributed by atoms with Crippen molar-refractivity contribution in [3.05, 3.63) is 47.6 Å². The van der Waals surface area contributed by atoms with Crippen LogP contribution in [0.4, 0.5) is 4.79 Å². The number of urea groups is 1. The molecule has 1 aliphatic heterocycles. The van der Waals surface area contributed by atoms with Crippen molar-refractivity contribution in [3.8, 4) is 0 Å². The van der Waals surface area contributed by atoms with E-state index in [9.17, 15) is 4.79 Å². The van der Waals surface area contributed by atoms with Gasteiger partial charge in [0.1, 0.15) is 0 Å². The van der Waals surface area contributed by atoms with E-state index < -0.39 is 0 Å². The third-order valence-electron chi connectivity index (χ3n) is 4.35. The Morgan fingerprint density at radius 3 is 2.96 bits per heavy atom. The lowest BCUT2D eigenvalue weighted by atomic mass is 9.99. The summed E-state index contributed by atoms with van der Waals surface area (Å²) in [6.07, 6.45) is 3.61. The summed E-state index contributed by atoms with van der Waals surface area (Å²) in [5, 5.41) is 6.74. The van der Waals surface area contributed by atoms with Crippen molar-refractivity contribution < 1.29 is 9.32 Å². The van der Waals surface area contributed by atoms with Crippen LogP contribution in [-0.2, 0) is 12.8 Å². The molecule has 24 heavy (non-hydrogen) atoms. The number of hydrogen-bond donors (Lipinski definition) is 1. The first kappa shape index (κ1) is 16.5. The predicted octanol–water partition coefficient (Wildman–Crippen LogP) is 2.58. The Morgan fingerprint density at radius 1 is 1.38 bits per heavy atom. The van der Waals surface area contributed by atoms with Crippen LogP contribution in [-0.4, -0.2) is 40.7 Å². The van der Waals surface area contributed by atoms with Crippen molar-refractivity contribution in [2.75, 3.05) is 19.6 Å². The van der Waals surface area contributed by atoms with Crippen LogP contribution < -0.4 is 5.32 Å². The number of nitrogens with zero attached hydrogens (tertiary/aromatic N) is 3. The van der Waals surface area contributed by atoms with E-state index >= 15 is 0 Å². The number of carbonyl (C=O) groups is 1. The molecular weight excluding hydrogens is 304 g/mol. The molecule has 0 bridgehead atoms. The minimum Gasteiger partial charge on any atom is -0.339 e. The maximum Gasteiger partial charge on any atom is 0.317 e. The molecule has 0 saturated carbocycles. The van der Waals surface area contributed by atoms with Gasteiger partial charge >= 0.3 is 6.03 Å². The molecule has 1 aromatic carbocycles. The normalized spacial score (nSPS) is 17.2. The van der Waals surface area contributed by atoms with Gasteiger partial charge in [0.2, 0.25) is 5.89 Å². The number of carbonyl (C=O) groups excluding carboxylic acids is 1. The van der Waals surface area contributed by atoms with E-state index in [4.69, 9.17) is 4.52 Å². The summed E-state index contributed by atoms with van der Waals surface area (Å²) in [6, 6.07) is 10.5. The van der Waals surface area contributed by atoms with Crippen LogP contribution in [0, 0.1) is 12.8 Å². The van der Waals surface area contributed by atoms with Crippen LogP contribution in [0.1, 0.15) is 30.1 Å². The number of hydrogen-bond acceptors (Lipinski definition) is 4. The largest absolute Gasteiger partial charge is 0.339 e. The maximum atomic E-state index is 12.2. The predicted molar refractivity (Wildman–Crippen MR) is 90.6 cm³/mol. The summed E-state index contributed by atoms with van der Waals surface area (Å²) in [6.45, 7) is 4.10. The highest BCUT2D eigenvalue weighted by atomic mass is 16.5. The fourth-order valence-electron chi connectivity index (χ4n) is 3.12. The zero-order chi connectivity index (χ0) is 16.8. The fourth-order valence-corrected chi connectivity index (χ4v) is 3.12. The van der Waals surface area contributed by atoms with Crippen LogP contribution in [0.5, 0.6) is 0 Å². The van der Waals surface area contributed by atoms with Gasteiger partial charge in [-0.25, -0.2) is 4.79 Å². The Labute approximate surface area is 142 Å². The average molecular weight is 328 g/mol. The lowest BCUT2D eigenvalue weighted by Crippen LogP contribution is -2.39. The lowest BCUT2D eigenvalue weighted by Gasteiger charge is -2.17. The molecule has 6 nitrogen and oxygen atoms in total. The molecule has 1 atom stereocenters. The monoisotopic (exact) mass is 328 g/mol. The highest BCUT2D eigenvalue weighted by Gasteiger charge is 2.25. The minimum absolute atomic E-state index is 0.0345. The molecule has 1 saturated heterocycles. The SMILES string of the molecule is Cc1noc(CCCNC(=O)N2CC[C@@H](Cc3ccccc3)C2)n1. The molecule has 0 spiro atoms. The van der Waals surface area contributed by atoms with Crippen molar-refractivity contribution in [3.63, 3.8) is 0 Å². The van der Waals surface area contributed by atoms with Crippen molar-refractivity contribution in [1.29, 1.82) is 0 Å². The number of amides is 2. The summed E-state index contributed by atoms with van der Waals surface area (Å²) in [5.41, 5.74) is 1.35. The Morgan fingerprint density at radius 2 is 2.21 bits per heavy atom. The summed E-state index contributed by atoms with van der Waals surface area (Å²) >= 11 is 0. The molecule has 0 radical (unpaired) electrons. The second-order valence-electron chi connectivity index (χ2n) is 6.36. The van der Waals surface area contributed by atoms with Crippen molar-refractivity contribution in [1.82, 2.24) is 20.4 Å². The van der Waals surface area contributed by atoms with Crippen molar-refractivity contribution >= 4 is 6.03 Å². The molecule has 2 amide bonds. The van der Waals surface area contributed by atoms with Gasteiger partial charge in [0.15, 0.2) is 5.82 Å². The number of benzene rings is 1. The minimum atomic E-state index is 0.0345. The van der Waals surface area contributed by atoms with E-state index in [0.717, 1.165) is 32.4 Å². The summed E-state index contributed by atoms with van der Waals surface area (Å²) in [4.78, 5) is 18.3. The smallest absolute Gasteiger partial charge is 0.317 e. The van der Waals surface area contributed by atoms with Gasteiger partial charge in [-0.3, -0.25) is 0 Å². The third kappa shape index (κ3) is 4.57. The number of rotatable bonds is 6. The molecule has 1 aromatic heterocycles. The van der Waals surface area contributed by atoms with Gasteiger partial charge in [-0.2, -0.15) is 4.98 Å². The molecule has 128 valence electrons. The van der Waals surface area contributed by atoms with E-state index in [2.05, 4.69) is 39.7 Å². The summed E-state index contributed by atoms with van der Waals surface area (Å²) < 4.78 is 5.06. The van der Waals surface area contributed by atoms with Crippen molar-refractivity contribution in [2.45, 2.75) is 32.6 Å². The highest BCUT2D eigenvalue weighted by Crippen LogP contribution is 2.20. The molecule has 0 aliphatic carbocycles. The number of aromatic nitrogens is 2. The van der Waals surface area contributed by atoms with Gasteiger partial charge in [0, 0.05) is 26.1 Å². The molecule has 2 heterocycles. The Bertz CT molecular complexity index is 656. The van der Waals surface area contributed by atoms with Crippen LogP contribution in [0.2, 0.25) is 0 Å². The van der Waals surface area contributed by atoms with Crippen LogP contribution in [0.25, 0.3) is 0 Å². The van der Waals surface area contributed by atoms with E-state index in [1.807, 2.05) is 11.0 Å². The van der Waals surface area contributed by atoms with Gasteiger partial charge in [0.05, 0.1) is 0 Å². The van der Waals surface area contributed by atoms with Gasteiger partial charge in [-0.05, 0) is 37.7 Å². The van der Waals surface area contributed by atoms with Crippen LogP contribution >= 0.6 is 0 Å². The molecule has 1 N–H and O–H groups in total. The molecule has 6 heteroatoms. The molecule has 3 rings (SSSR count). The number of aryl methyl sites for hydroxylation is 2. The molecule has 1 aliphatic rings. The Hall–Kier alpha value is -2.37. The van der Waals surface area contributed by atoms with E-state index in [1.165, 1.54) is 5.56 Å². The Balaban J connectivity index is 1.35. The second-order valence-corrected chi connectivity index (χ2v) is 6.36. The van der Waals surface area contributed by atoms with E-state index in [1.54, 1.807) is 6.92 Å². The molecular formula is C18H24N4O2. The first-order valence-corrected chi connectivity index (χ1v) is 8.56. The first-order chi connectivity index (χ1) is 11.7. The maximum absolute atomic E-state index is 12.2. The van der Waals surface area contributed by atoms with Gasteiger partial charge in [-0.15, -0.1) is 0 Å². The lowest BCUT2D eigenvalue weighted by molar-refractivity contribution is 0.207. The van der Waals surface area contributed by atoms with E-state index in [-0.39, 0.29) is 6.03 Å². The number of likely N-dealkylation sites (tertiary alicyclic amines) is 1. The van der Waals surface area contributed by atoms with Crippen LogP contribution in [0.15, 0.2) is 34.9 Å². The molecule has 2 aromatic rings. The second kappa shape index (κ2) is 7.95. The number of nitrogens with one attached hydrogen (secondary N) is 1. The van der Waals surface area contributed by atoms with Gasteiger partial charge < -0.3 is 14.7 Å². The summed E-state index contributed by atoms with van der Waals surface area (Å²) in [7, 11) is 0. The quantitative estimate of drug-likeness (QED) is 0.827. The van der Waals surface area contributed by atoms with Crippen molar-refractivity contribution in [2.24, 2.45) is 5.92 Å². The zero-order valence-electron chi connectivity index (χ0n) is 14.1. The third-order valence-corrected chi connectivity index (χ3v) is 4.35. The average Bonchev–Trinajstić information content (AvgIpc) is 3.21. The van der Waals surface area contributed by atoms with Gasteiger partial charge in [-0.1, -0.05) is 35.5 Å². The fraction of sp³-hybridized carbons (Fsp3) is 0.500. The molecule has 0 unspecified atom stereocenters. The van der Waals surface area contributed by atoms with Gasteiger partial charge in [0.25, 0.3) is 0 Å². The summed E-state index contributed by atoms with van der Waals surface area (Å²) in [5.74, 6) is 1.83. The molecule has 1 fully saturated rings. The van der Waals surface area contributed by atoms with Crippen LogP contribution in [0.3, 0.4) is 0 Å². The highest BCUT2D eigenvalue weighted by molar-refractivity contribution is 5.74. The Kier molecular flexibility index (Phi) is 5.46. The topological polar surface area (TPSA) is 71.3 Å². The zero-order valence-corrected chi connectivity index (χ0v) is 14.1. The first-order valence-electron chi connectivity index (χ1n) is 8.56. The standard InChI is InChI=1S/C18H24N4O2/c1-14-20-17(24-21-14)8-5-10-19-18(23)22-11-9-16(13-22)12-15-6-3-2-4-7-15/h2-4,6-7,16H,5,8-13H2,1H3,(H,19,23)/t16-/m0/s1. The van der Waals surface area contributed by atoms with E-state index in [0.29, 0.717) is 30.6 Å².